The molecular weight excluding hydrogens is 400 g/mol. The molecule has 1 N–H and O–H groups in total. The van der Waals surface area contributed by atoms with Gasteiger partial charge in [0.15, 0.2) is 5.16 Å². The standard InChI is InChI=1S/C21H26N6O2S/c1-4-11-26-19(29)16-7-5-6-8-17(16)27-20(26)23-24-21(27)30-13-18(28)22-12-14(2)25(3)15-9-10-15/h4-8,14-15H,1,9-13H2,2-3H3,(H,22,28). The maximum absolute atomic E-state index is 12.8. The van der Waals surface area contributed by atoms with Crippen molar-refractivity contribution in [2.45, 2.75) is 43.6 Å². The summed E-state index contributed by atoms with van der Waals surface area (Å²) in [5, 5.41) is 12.6. The smallest absolute Gasteiger partial charge is 0.263 e. The number of benzene rings is 1. The molecule has 9 heteroatoms. The zero-order chi connectivity index (χ0) is 21.3. The Morgan fingerprint density at radius 3 is 2.90 bits per heavy atom. The summed E-state index contributed by atoms with van der Waals surface area (Å²) in [6.45, 7) is 6.82. The molecule has 0 spiro atoms. The minimum Gasteiger partial charge on any atom is -0.354 e. The van der Waals surface area contributed by atoms with E-state index in [1.807, 2.05) is 22.6 Å². The van der Waals surface area contributed by atoms with Crippen LogP contribution < -0.4 is 10.9 Å². The first-order chi connectivity index (χ1) is 14.5. The van der Waals surface area contributed by atoms with Gasteiger partial charge >= 0.3 is 0 Å². The number of nitrogens with one attached hydrogen (secondary N) is 1. The Morgan fingerprint density at radius 1 is 1.40 bits per heavy atom. The summed E-state index contributed by atoms with van der Waals surface area (Å²) in [5.74, 6) is 0.632. The van der Waals surface area contributed by atoms with E-state index >= 15 is 0 Å². The number of aromatic nitrogens is 4. The van der Waals surface area contributed by atoms with Crippen molar-refractivity contribution in [1.29, 1.82) is 0 Å². The number of carbonyl (C=O) groups excluding carboxylic acids is 1. The molecule has 2 heterocycles. The highest BCUT2D eigenvalue weighted by atomic mass is 32.2. The highest BCUT2D eigenvalue weighted by Gasteiger charge is 2.29. The number of rotatable bonds is 9. The molecule has 1 fully saturated rings. The topological polar surface area (TPSA) is 84.5 Å². The van der Waals surface area contributed by atoms with Gasteiger partial charge in [0.1, 0.15) is 0 Å². The molecule has 8 nitrogen and oxygen atoms in total. The van der Waals surface area contributed by atoms with Crippen LogP contribution in [0, 0.1) is 0 Å². The molecule has 1 atom stereocenters. The number of fused-ring (bicyclic) bond motifs is 3. The van der Waals surface area contributed by atoms with E-state index in [0.29, 0.717) is 41.5 Å². The molecule has 1 aromatic carbocycles. The SMILES string of the molecule is C=CCn1c(=O)c2ccccc2n2c(SCC(=O)NCC(C)N(C)C3CC3)nnc12. The fraction of sp³-hybridized carbons (Fsp3) is 0.429. The van der Waals surface area contributed by atoms with E-state index in [-0.39, 0.29) is 17.2 Å². The molecule has 0 aliphatic heterocycles. The Balaban J connectivity index is 1.52. The van der Waals surface area contributed by atoms with Gasteiger partial charge in [-0.1, -0.05) is 30.0 Å². The van der Waals surface area contributed by atoms with Crippen LogP contribution in [0.2, 0.25) is 0 Å². The number of hydrogen-bond acceptors (Lipinski definition) is 6. The minimum atomic E-state index is -0.131. The highest BCUT2D eigenvalue weighted by molar-refractivity contribution is 7.99. The van der Waals surface area contributed by atoms with Crippen molar-refractivity contribution < 1.29 is 4.79 Å². The molecule has 2 aromatic heterocycles. The second-order valence-electron chi connectivity index (χ2n) is 7.68. The fourth-order valence-corrected chi connectivity index (χ4v) is 4.32. The van der Waals surface area contributed by atoms with Crippen LogP contribution in [-0.4, -0.2) is 61.4 Å². The Labute approximate surface area is 179 Å². The van der Waals surface area contributed by atoms with Gasteiger partial charge in [-0.3, -0.25) is 23.5 Å². The maximum atomic E-state index is 12.8. The zero-order valence-corrected chi connectivity index (χ0v) is 18.1. The molecule has 4 rings (SSSR count). The van der Waals surface area contributed by atoms with Gasteiger partial charge in [-0.15, -0.1) is 16.8 Å². The predicted octanol–water partition coefficient (Wildman–Crippen LogP) is 1.92. The van der Waals surface area contributed by atoms with Crippen molar-refractivity contribution in [2.75, 3.05) is 19.3 Å². The number of carbonyl (C=O) groups is 1. The third-order valence-electron chi connectivity index (χ3n) is 5.53. The average molecular weight is 427 g/mol. The Hall–Kier alpha value is -2.65. The Kier molecular flexibility index (Phi) is 5.92. The van der Waals surface area contributed by atoms with Crippen LogP contribution in [0.1, 0.15) is 19.8 Å². The number of amides is 1. The monoisotopic (exact) mass is 426 g/mol. The quantitative estimate of drug-likeness (QED) is 0.416. The van der Waals surface area contributed by atoms with Crippen molar-refractivity contribution >= 4 is 34.3 Å². The summed E-state index contributed by atoms with van der Waals surface area (Å²) in [6, 6.07) is 8.32. The lowest BCUT2D eigenvalue weighted by Crippen LogP contribution is -2.41. The molecule has 1 aliphatic carbocycles. The van der Waals surface area contributed by atoms with Crippen molar-refractivity contribution in [3.05, 3.63) is 47.3 Å². The van der Waals surface area contributed by atoms with E-state index < -0.39 is 0 Å². The van der Waals surface area contributed by atoms with Gasteiger partial charge in [0.25, 0.3) is 5.56 Å². The summed E-state index contributed by atoms with van der Waals surface area (Å²) in [5.41, 5.74) is 0.596. The highest BCUT2D eigenvalue weighted by Crippen LogP contribution is 2.26. The summed E-state index contributed by atoms with van der Waals surface area (Å²) < 4.78 is 3.38. The first-order valence-electron chi connectivity index (χ1n) is 10.1. The predicted molar refractivity (Wildman–Crippen MR) is 119 cm³/mol. The lowest BCUT2D eigenvalue weighted by Gasteiger charge is -2.24. The lowest BCUT2D eigenvalue weighted by atomic mass is 10.2. The summed E-state index contributed by atoms with van der Waals surface area (Å²) >= 11 is 1.31. The molecule has 1 aliphatic rings. The van der Waals surface area contributed by atoms with Gasteiger partial charge in [0.05, 0.1) is 16.7 Å². The van der Waals surface area contributed by atoms with Gasteiger partial charge < -0.3 is 5.32 Å². The van der Waals surface area contributed by atoms with Crippen LogP contribution in [0.25, 0.3) is 16.7 Å². The number of hydrogen-bond donors (Lipinski definition) is 1. The molecule has 0 radical (unpaired) electrons. The fourth-order valence-electron chi connectivity index (χ4n) is 3.55. The van der Waals surface area contributed by atoms with Gasteiger partial charge in [-0.25, -0.2) is 0 Å². The van der Waals surface area contributed by atoms with Gasteiger partial charge in [0.2, 0.25) is 11.7 Å². The molecule has 0 bridgehead atoms. The van der Waals surface area contributed by atoms with Crippen molar-refractivity contribution in [1.82, 2.24) is 29.4 Å². The van der Waals surface area contributed by atoms with E-state index in [1.165, 1.54) is 24.6 Å². The molecular formula is C21H26N6O2S. The molecule has 3 aromatic rings. The van der Waals surface area contributed by atoms with Crippen LogP contribution in [0.5, 0.6) is 0 Å². The zero-order valence-electron chi connectivity index (χ0n) is 17.2. The van der Waals surface area contributed by atoms with Crippen molar-refractivity contribution in [3.8, 4) is 0 Å². The molecule has 1 unspecified atom stereocenters. The summed E-state index contributed by atoms with van der Waals surface area (Å²) in [6.07, 6.45) is 4.15. The summed E-state index contributed by atoms with van der Waals surface area (Å²) in [7, 11) is 2.11. The van der Waals surface area contributed by atoms with Crippen LogP contribution in [0.3, 0.4) is 0 Å². The number of allylic oxidation sites excluding steroid dienone is 1. The van der Waals surface area contributed by atoms with E-state index in [2.05, 4.69) is 41.0 Å². The minimum absolute atomic E-state index is 0.0449. The number of nitrogens with zero attached hydrogens (tertiary/aromatic N) is 5. The van der Waals surface area contributed by atoms with Crippen molar-refractivity contribution in [2.24, 2.45) is 0 Å². The second-order valence-corrected chi connectivity index (χ2v) is 8.62. The molecule has 1 saturated carbocycles. The summed E-state index contributed by atoms with van der Waals surface area (Å²) in [4.78, 5) is 27.5. The first kappa shape index (κ1) is 20.6. The van der Waals surface area contributed by atoms with Crippen molar-refractivity contribution in [3.63, 3.8) is 0 Å². The molecule has 30 heavy (non-hydrogen) atoms. The normalized spacial score (nSPS) is 15.0. The third-order valence-corrected chi connectivity index (χ3v) is 6.46. The second kappa shape index (κ2) is 8.61. The Morgan fingerprint density at radius 2 is 2.17 bits per heavy atom. The van der Waals surface area contributed by atoms with Crippen LogP contribution in [0.4, 0.5) is 0 Å². The number of para-hydroxylation sites is 1. The van der Waals surface area contributed by atoms with Crippen LogP contribution in [0.15, 0.2) is 46.9 Å². The molecule has 158 valence electrons. The first-order valence-corrected chi connectivity index (χ1v) is 11.1. The Bertz CT molecular complexity index is 1150. The van der Waals surface area contributed by atoms with Gasteiger partial charge in [0, 0.05) is 25.2 Å². The largest absolute Gasteiger partial charge is 0.354 e. The van der Waals surface area contributed by atoms with Crippen LogP contribution in [-0.2, 0) is 11.3 Å². The molecule has 1 amide bonds. The van der Waals surface area contributed by atoms with Gasteiger partial charge in [-0.2, -0.15) is 0 Å². The van der Waals surface area contributed by atoms with E-state index in [1.54, 1.807) is 16.7 Å². The molecule has 0 saturated heterocycles. The third kappa shape index (κ3) is 3.99. The van der Waals surface area contributed by atoms with E-state index in [9.17, 15) is 9.59 Å². The maximum Gasteiger partial charge on any atom is 0.263 e. The van der Waals surface area contributed by atoms with Gasteiger partial charge in [-0.05, 0) is 38.9 Å². The lowest BCUT2D eigenvalue weighted by molar-refractivity contribution is -0.118. The van der Waals surface area contributed by atoms with E-state index in [0.717, 1.165) is 5.52 Å². The number of likely N-dealkylation sites (N-methyl/N-ethyl adjacent to an activating group) is 1. The average Bonchev–Trinajstić information content (AvgIpc) is 3.52. The number of thioether (sulfide) groups is 1. The van der Waals surface area contributed by atoms with Crippen LogP contribution >= 0.6 is 11.8 Å². The van der Waals surface area contributed by atoms with E-state index in [4.69, 9.17) is 0 Å².